The maximum atomic E-state index is 11.9. The molecule has 2 heterocycles. The van der Waals surface area contributed by atoms with Gasteiger partial charge >= 0.3 is 0 Å². The van der Waals surface area contributed by atoms with Crippen LogP contribution in [0.2, 0.25) is 0 Å². The van der Waals surface area contributed by atoms with Crippen molar-refractivity contribution in [3.8, 4) is 0 Å². The van der Waals surface area contributed by atoms with Crippen LogP contribution >= 0.6 is 0 Å². The second kappa shape index (κ2) is 5.03. The number of aromatic nitrogens is 4. The standard InChI is InChI=1S/C13H19N5O/c1-18-11-10(8-14-18)12(19)17-13(16-11)15-9-6-4-2-3-5-7-9/h8-9H,2-7H2,1H3,(H2,15,16,17,19). The number of nitrogens with one attached hydrogen (secondary N) is 2. The van der Waals surface area contributed by atoms with Gasteiger partial charge in [0.1, 0.15) is 5.39 Å². The van der Waals surface area contributed by atoms with Crippen LogP contribution in [0.25, 0.3) is 11.0 Å². The van der Waals surface area contributed by atoms with Gasteiger partial charge in [-0.2, -0.15) is 10.1 Å². The molecule has 3 rings (SSSR count). The number of anilines is 1. The lowest BCUT2D eigenvalue weighted by atomic mass is 10.1. The summed E-state index contributed by atoms with van der Waals surface area (Å²) in [6.07, 6.45) is 8.95. The monoisotopic (exact) mass is 261 g/mol. The molecule has 1 aliphatic carbocycles. The van der Waals surface area contributed by atoms with Gasteiger partial charge in [-0.3, -0.25) is 14.5 Å². The van der Waals surface area contributed by atoms with Crippen molar-refractivity contribution >= 4 is 17.0 Å². The molecular formula is C13H19N5O. The first-order valence-electron chi connectivity index (χ1n) is 6.92. The highest BCUT2D eigenvalue weighted by atomic mass is 16.1. The van der Waals surface area contributed by atoms with Gasteiger partial charge in [-0.05, 0) is 12.8 Å². The Morgan fingerprint density at radius 2 is 2.05 bits per heavy atom. The first kappa shape index (κ1) is 12.2. The number of aromatic amines is 1. The van der Waals surface area contributed by atoms with Crippen molar-refractivity contribution in [2.45, 2.75) is 44.6 Å². The fraction of sp³-hybridized carbons (Fsp3) is 0.615. The predicted octanol–water partition coefficient (Wildman–Crippen LogP) is 1.79. The number of H-pyrrole nitrogens is 1. The van der Waals surface area contributed by atoms with Crippen molar-refractivity contribution in [1.29, 1.82) is 0 Å². The van der Waals surface area contributed by atoms with Crippen LogP contribution in [-0.2, 0) is 7.05 Å². The molecule has 2 N–H and O–H groups in total. The van der Waals surface area contributed by atoms with Crippen LogP contribution in [0, 0.1) is 0 Å². The van der Waals surface area contributed by atoms with E-state index in [0.29, 0.717) is 23.0 Å². The van der Waals surface area contributed by atoms with Crippen LogP contribution in [0.15, 0.2) is 11.0 Å². The van der Waals surface area contributed by atoms with E-state index < -0.39 is 0 Å². The minimum absolute atomic E-state index is 0.130. The van der Waals surface area contributed by atoms with Gasteiger partial charge in [-0.1, -0.05) is 25.7 Å². The van der Waals surface area contributed by atoms with Crippen molar-refractivity contribution in [3.63, 3.8) is 0 Å². The first-order chi connectivity index (χ1) is 9.24. The highest BCUT2D eigenvalue weighted by molar-refractivity contribution is 5.74. The number of aryl methyl sites for hydroxylation is 1. The van der Waals surface area contributed by atoms with E-state index in [1.807, 2.05) is 0 Å². The van der Waals surface area contributed by atoms with Crippen molar-refractivity contribution in [2.24, 2.45) is 7.05 Å². The Balaban J connectivity index is 1.88. The summed E-state index contributed by atoms with van der Waals surface area (Å²) in [5, 5.41) is 7.96. The summed E-state index contributed by atoms with van der Waals surface area (Å²) in [5.74, 6) is 0.563. The summed E-state index contributed by atoms with van der Waals surface area (Å²) in [7, 11) is 1.80. The zero-order valence-corrected chi connectivity index (χ0v) is 11.1. The normalized spacial score (nSPS) is 17.5. The maximum absolute atomic E-state index is 11.9. The SMILES string of the molecule is Cn1ncc2c(=O)[nH]c(NC3CCCCCC3)nc21. The number of rotatable bonds is 2. The third-order valence-electron chi connectivity index (χ3n) is 3.80. The summed E-state index contributed by atoms with van der Waals surface area (Å²) in [5.41, 5.74) is 0.495. The Labute approximate surface area is 111 Å². The van der Waals surface area contributed by atoms with E-state index in [2.05, 4.69) is 20.4 Å². The van der Waals surface area contributed by atoms with Gasteiger partial charge in [0.15, 0.2) is 5.65 Å². The van der Waals surface area contributed by atoms with Gasteiger partial charge in [0.05, 0.1) is 6.20 Å². The Bertz CT molecular complexity index is 621. The number of fused-ring (bicyclic) bond motifs is 1. The summed E-state index contributed by atoms with van der Waals surface area (Å²) >= 11 is 0. The van der Waals surface area contributed by atoms with E-state index in [4.69, 9.17) is 0 Å². The van der Waals surface area contributed by atoms with E-state index in [-0.39, 0.29) is 5.56 Å². The highest BCUT2D eigenvalue weighted by Gasteiger charge is 2.14. The molecule has 0 radical (unpaired) electrons. The van der Waals surface area contributed by atoms with E-state index in [1.54, 1.807) is 17.9 Å². The van der Waals surface area contributed by atoms with Crippen LogP contribution in [0.1, 0.15) is 38.5 Å². The minimum atomic E-state index is -0.130. The molecular weight excluding hydrogens is 242 g/mol. The molecule has 1 saturated carbocycles. The van der Waals surface area contributed by atoms with Gasteiger partial charge in [-0.15, -0.1) is 0 Å². The fourth-order valence-electron chi connectivity index (χ4n) is 2.72. The Kier molecular flexibility index (Phi) is 3.23. The topological polar surface area (TPSA) is 75.6 Å². The second-order valence-electron chi connectivity index (χ2n) is 5.25. The molecule has 102 valence electrons. The molecule has 2 aromatic heterocycles. The fourth-order valence-corrected chi connectivity index (χ4v) is 2.72. The average molecular weight is 261 g/mol. The highest BCUT2D eigenvalue weighted by Crippen LogP contribution is 2.19. The molecule has 0 saturated heterocycles. The van der Waals surface area contributed by atoms with Crippen molar-refractivity contribution in [1.82, 2.24) is 19.7 Å². The zero-order valence-electron chi connectivity index (χ0n) is 11.1. The molecule has 0 aliphatic heterocycles. The zero-order chi connectivity index (χ0) is 13.2. The van der Waals surface area contributed by atoms with Gasteiger partial charge in [0, 0.05) is 13.1 Å². The van der Waals surface area contributed by atoms with Crippen molar-refractivity contribution in [3.05, 3.63) is 16.6 Å². The molecule has 19 heavy (non-hydrogen) atoms. The van der Waals surface area contributed by atoms with Gasteiger partial charge in [0.25, 0.3) is 5.56 Å². The van der Waals surface area contributed by atoms with Crippen molar-refractivity contribution < 1.29 is 0 Å². The molecule has 0 bridgehead atoms. The van der Waals surface area contributed by atoms with E-state index in [9.17, 15) is 4.79 Å². The number of hydrogen-bond acceptors (Lipinski definition) is 4. The molecule has 2 aromatic rings. The van der Waals surface area contributed by atoms with Crippen LogP contribution in [0.3, 0.4) is 0 Å². The van der Waals surface area contributed by atoms with E-state index >= 15 is 0 Å². The lowest BCUT2D eigenvalue weighted by Gasteiger charge is -2.16. The van der Waals surface area contributed by atoms with Crippen LogP contribution in [-0.4, -0.2) is 25.8 Å². The van der Waals surface area contributed by atoms with Gasteiger partial charge in [-0.25, -0.2) is 0 Å². The molecule has 6 heteroatoms. The number of hydrogen-bond donors (Lipinski definition) is 2. The van der Waals surface area contributed by atoms with Crippen LogP contribution < -0.4 is 10.9 Å². The van der Waals surface area contributed by atoms with Gasteiger partial charge in [0.2, 0.25) is 5.95 Å². The van der Waals surface area contributed by atoms with E-state index in [1.165, 1.54) is 25.7 Å². The molecule has 1 fully saturated rings. The lowest BCUT2D eigenvalue weighted by molar-refractivity contribution is 0.614. The van der Waals surface area contributed by atoms with Gasteiger partial charge < -0.3 is 5.32 Å². The summed E-state index contributed by atoms with van der Waals surface area (Å²) < 4.78 is 1.63. The minimum Gasteiger partial charge on any atom is -0.353 e. The molecule has 1 aliphatic rings. The average Bonchev–Trinajstić information content (AvgIpc) is 2.62. The lowest BCUT2D eigenvalue weighted by Crippen LogP contribution is -2.22. The molecule has 0 amide bonds. The van der Waals surface area contributed by atoms with Crippen LogP contribution in [0.5, 0.6) is 0 Å². The summed E-state index contributed by atoms with van der Waals surface area (Å²) in [4.78, 5) is 19.2. The molecule has 0 aromatic carbocycles. The number of nitrogens with zero attached hydrogens (tertiary/aromatic N) is 3. The Hall–Kier alpha value is -1.85. The molecule has 0 unspecified atom stereocenters. The first-order valence-corrected chi connectivity index (χ1v) is 6.92. The summed E-state index contributed by atoms with van der Waals surface area (Å²) in [6, 6.07) is 0.413. The molecule has 0 spiro atoms. The predicted molar refractivity (Wildman–Crippen MR) is 74.2 cm³/mol. The third kappa shape index (κ3) is 2.47. The smallest absolute Gasteiger partial charge is 0.263 e. The quantitative estimate of drug-likeness (QED) is 0.808. The Morgan fingerprint density at radius 1 is 1.32 bits per heavy atom. The molecule has 6 nitrogen and oxygen atoms in total. The van der Waals surface area contributed by atoms with E-state index in [0.717, 1.165) is 12.8 Å². The Morgan fingerprint density at radius 3 is 2.79 bits per heavy atom. The van der Waals surface area contributed by atoms with Crippen LogP contribution in [0.4, 0.5) is 5.95 Å². The molecule has 0 atom stereocenters. The van der Waals surface area contributed by atoms with Crippen molar-refractivity contribution in [2.75, 3.05) is 5.32 Å². The second-order valence-corrected chi connectivity index (χ2v) is 5.25. The third-order valence-corrected chi connectivity index (χ3v) is 3.80. The maximum Gasteiger partial charge on any atom is 0.263 e. The largest absolute Gasteiger partial charge is 0.353 e. The summed E-state index contributed by atoms with van der Waals surface area (Å²) in [6.45, 7) is 0.